The maximum Gasteiger partial charge on any atom is 0.417 e. The Morgan fingerprint density at radius 2 is 1.89 bits per heavy atom. The maximum absolute atomic E-state index is 14.6. The number of rotatable bonds is 6. The predicted molar refractivity (Wildman–Crippen MR) is 135 cm³/mol. The summed E-state index contributed by atoms with van der Waals surface area (Å²) >= 11 is 0. The lowest BCUT2D eigenvalue weighted by Gasteiger charge is -2.34. The van der Waals surface area contributed by atoms with Crippen LogP contribution in [0.5, 0.6) is 0 Å². The number of pyridine rings is 1. The zero-order valence-corrected chi connectivity index (χ0v) is 21.4. The van der Waals surface area contributed by atoms with E-state index in [-0.39, 0.29) is 45.5 Å². The molecule has 1 aliphatic heterocycles. The van der Waals surface area contributed by atoms with Crippen LogP contribution >= 0.6 is 0 Å². The van der Waals surface area contributed by atoms with Crippen molar-refractivity contribution in [3.63, 3.8) is 0 Å². The van der Waals surface area contributed by atoms with Crippen LogP contribution in [-0.4, -0.2) is 39.2 Å². The molecule has 38 heavy (non-hydrogen) atoms. The lowest BCUT2D eigenvalue weighted by molar-refractivity contribution is -0.137. The molecule has 1 aromatic carbocycles. The van der Waals surface area contributed by atoms with Gasteiger partial charge in [0.15, 0.2) is 5.78 Å². The van der Waals surface area contributed by atoms with E-state index in [1.54, 1.807) is 17.8 Å². The monoisotopic (exact) mass is 522 g/mol. The van der Waals surface area contributed by atoms with Gasteiger partial charge in [-0.05, 0) is 60.8 Å². The number of alkyl halides is 3. The van der Waals surface area contributed by atoms with Crippen LogP contribution in [0.3, 0.4) is 0 Å². The van der Waals surface area contributed by atoms with E-state index in [1.807, 2.05) is 17.9 Å². The van der Waals surface area contributed by atoms with Gasteiger partial charge >= 0.3 is 6.18 Å². The number of piperidine rings is 1. The zero-order chi connectivity index (χ0) is 27.2. The lowest BCUT2D eigenvalue weighted by atomic mass is 9.86. The molecular formula is C29H29F3N4O2. The van der Waals surface area contributed by atoms with Crippen LogP contribution in [0, 0.1) is 23.2 Å². The van der Waals surface area contributed by atoms with Crippen LogP contribution in [0.2, 0.25) is 0 Å². The summed E-state index contributed by atoms with van der Waals surface area (Å²) in [5, 5.41) is 9.15. The van der Waals surface area contributed by atoms with E-state index < -0.39 is 23.9 Å². The van der Waals surface area contributed by atoms with Gasteiger partial charge in [0.25, 0.3) is 0 Å². The number of nitrogens with zero attached hydrogens (tertiary/aromatic N) is 4. The van der Waals surface area contributed by atoms with E-state index in [4.69, 9.17) is 5.26 Å². The van der Waals surface area contributed by atoms with Gasteiger partial charge in [0.05, 0.1) is 17.2 Å². The average Bonchev–Trinajstić information content (AvgIpc) is 3.70. The first-order valence-corrected chi connectivity index (χ1v) is 12.9. The van der Waals surface area contributed by atoms with Crippen molar-refractivity contribution in [2.24, 2.45) is 18.9 Å². The summed E-state index contributed by atoms with van der Waals surface area (Å²) in [6, 6.07) is 7.90. The van der Waals surface area contributed by atoms with Gasteiger partial charge in [0.1, 0.15) is 5.65 Å². The molecule has 2 aromatic heterocycles. The highest BCUT2D eigenvalue weighted by molar-refractivity contribution is 5.99. The fourth-order valence-corrected chi connectivity index (χ4v) is 5.72. The van der Waals surface area contributed by atoms with Crippen molar-refractivity contribution in [2.75, 3.05) is 13.1 Å². The second-order valence-corrected chi connectivity index (χ2v) is 10.6. The van der Waals surface area contributed by atoms with Gasteiger partial charge < -0.3 is 9.47 Å². The summed E-state index contributed by atoms with van der Waals surface area (Å²) in [6.07, 6.45) is 0.992. The number of aryl methyl sites for hydroxylation is 1. The molecule has 5 rings (SSSR count). The molecule has 6 nitrogen and oxygen atoms in total. The highest BCUT2D eigenvalue weighted by atomic mass is 19.4. The third kappa shape index (κ3) is 4.92. The number of benzene rings is 1. The van der Waals surface area contributed by atoms with E-state index in [1.165, 1.54) is 24.3 Å². The lowest BCUT2D eigenvalue weighted by Crippen LogP contribution is -2.41. The Morgan fingerprint density at radius 3 is 2.53 bits per heavy atom. The Hall–Kier alpha value is -3.67. The molecule has 1 aliphatic carbocycles. The smallest absolute Gasteiger partial charge is 0.342 e. The largest absolute Gasteiger partial charge is 0.417 e. The van der Waals surface area contributed by atoms with Crippen molar-refractivity contribution in [1.82, 2.24) is 14.5 Å². The summed E-state index contributed by atoms with van der Waals surface area (Å²) < 4.78 is 45.4. The summed E-state index contributed by atoms with van der Waals surface area (Å²) in [5.41, 5.74) is 0.214. The van der Waals surface area contributed by atoms with Gasteiger partial charge in [0.2, 0.25) is 5.91 Å². The minimum Gasteiger partial charge on any atom is -0.342 e. The summed E-state index contributed by atoms with van der Waals surface area (Å²) in [6.45, 7) is 3.00. The molecule has 1 saturated heterocycles. The van der Waals surface area contributed by atoms with E-state index in [0.717, 1.165) is 19.0 Å². The molecule has 2 fully saturated rings. The Morgan fingerprint density at radius 1 is 1.18 bits per heavy atom. The first kappa shape index (κ1) is 26.0. The number of nitriles is 1. The summed E-state index contributed by atoms with van der Waals surface area (Å²) in [7, 11) is 1.67. The van der Waals surface area contributed by atoms with E-state index in [0.29, 0.717) is 37.4 Å². The maximum atomic E-state index is 14.6. The molecule has 1 amide bonds. The molecule has 3 heterocycles. The van der Waals surface area contributed by atoms with Crippen LogP contribution in [0.1, 0.15) is 71.1 Å². The molecule has 1 unspecified atom stereocenters. The van der Waals surface area contributed by atoms with Crippen molar-refractivity contribution in [1.29, 1.82) is 5.26 Å². The van der Waals surface area contributed by atoms with Crippen LogP contribution in [0.25, 0.3) is 11.0 Å². The molecule has 1 atom stereocenters. The molecule has 0 spiro atoms. The quantitative estimate of drug-likeness (QED) is 0.393. The van der Waals surface area contributed by atoms with Gasteiger partial charge in [-0.3, -0.25) is 9.59 Å². The standard InChI is InChI=1S/C29H29F3N4O2/c1-17(19-6-7-19)28(38)36-10-8-20(9-11-36)23-16-35(2)27-25(23)26(29(30,31)32)22(15-34-27)13-24(37)21-5-3-4-18(12-21)14-33/h3-5,12,15-17,19-20H,6-11,13H2,1-2H3. The van der Waals surface area contributed by atoms with Crippen LogP contribution in [-0.2, 0) is 24.4 Å². The second kappa shape index (κ2) is 9.90. The molecule has 9 heteroatoms. The van der Waals surface area contributed by atoms with Crippen molar-refractivity contribution in [3.8, 4) is 6.07 Å². The number of carbonyl (C=O) groups excluding carboxylic acids is 2. The van der Waals surface area contributed by atoms with Gasteiger partial charge in [0, 0.05) is 55.8 Å². The van der Waals surface area contributed by atoms with E-state index >= 15 is 0 Å². The van der Waals surface area contributed by atoms with Gasteiger partial charge in [-0.2, -0.15) is 18.4 Å². The Kier molecular flexibility index (Phi) is 6.76. The predicted octanol–water partition coefficient (Wildman–Crippen LogP) is 5.64. The SMILES string of the molecule is CC(C(=O)N1CCC(c2cn(C)c3ncc(CC(=O)c4cccc(C#N)c4)c(C(F)(F)F)c23)CC1)C1CC1. The molecule has 0 bridgehead atoms. The van der Waals surface area contributed by atoms with Crippen molar-refractivity contribution < 1.29 is 22.8 Å². The fourth-order valence-electron chi connectivity index (χ4n) is 5.72. The van der Waals surface area contributed by atoms with Gasteiger partial charge in [-0.25, -0.2) is 4.98 Å². The molecule has 0 radical (unpaired) electrons. The number of hydrogen-bond acceptors (Lipinski definition) is 4. The molecule has 3 aromatic rings. The van der Waals surface area contributed by atoms with E-state index in [2.05, 4.69) is 4.98 Å². The van der Waals surface area contributed by atoms with Crippen LogP contribution in [0.15, 0.2) is 36.7 Å². The Bertz CT molecular complexity index is 1440. The first-order chi connectivity index (χ1) is 18.1. The van der Waals surface area contributed by atoms with Crippen molar-refractivity contribution in [2.45, 2.75) is 51.1 Å². The highest BCUT2D eigenvalue weighted by Crippen LogP contribution is 2.43. The topological polar surface area (TPSA) is 79.0 Å². The number of fused-ring (bicyclic) bond motifs is 1. The van der Waals surface area contributed by atoms with Gasteiger partial charge in [-0.15, -0.1) is 0 Å². The summed E-state index contributed by atoms with van der Waals surface area (Å²) in [4.78, 5) is 32.0. The van der Waals surface area contributed by atoms with Crippen molar-refractivity contribution in [3.05, 3.63) is 64.5 Å². The third-order valence-corrected chi connectivity index (χ3v) is 8.01. The first-order valence-electron chi connectivity index (χ1n) is 12.9. The van der Waals surface area contributed by atoms with Crippen LogP contribution in [0.4, 0.5) is 13.2 Å². The van der Waals surface area contributed by atoms with Crippen LogP contribution < -0.4 is 0 Å². The number of amides is 1. The minimum absolute atomic E-state index is 0.000846. The normalized spacial score (nSPS) is 17.4. The number of hydrogen-bond donors (Lipinski definition) is 0. The number of halogens is 3. The molecule has 2 aliphatic rings. The highest BCUT2D eigenvalue weighted by Gasteiger charge is 2.40. The minimum atomic E-state index is -4.70. The number of carbonyl (C=O) groups is 2. The Labute approximate surface area is 219 Å². The van der Waals surface area contributed by atoms with E-state index in [9.17, 15) is 22.8 Å². The van der Waals surface area contributed by atoms with Crippen molar-refractivity contribution >= 4 is 22.7 Å². The molecular weight excluding hydrogens is 493 g/mol. The zero-order valence-electron chi connectivity index (χ0n) is 21.4. The number of Topliss-reactive ketones (excluding diaryl/α,β-unsaturated/α-hetero) is 1. The summed E-state index contributed by atoms with van der Waals surface area (Å²) in [5.74, 6) is -0.0629. The number of aromatic nitrogens is 2. The van der Waals surface area contributed by atoms with Gasteiger partial charge in [-0.1, -0.05) is 19.1 Å². The molecule has 198 valence electrons. The molecule has 0 N–H and O–H groups in total. The second-order valence-electron chi connectivity index (χ2n) is 10.6. The Balaban J connectivity index is 1.47. The third-order valence-electron chi connectivity index (χ3n) is 8.01. The fraction of sp³-hybridized carbons (Fsp3) is 0.448. The number of ketones is 1. The molecule has 1 saturated carbocycles. The number of likely N-dealkylation sites (tertiary alicyclic amines) is 1. The average molecular weight is 523 g/mol.